The molecule has 14 heteroatoms. The van der Waals surface area contributed by atoms with Gasteiger partial charge in [0.2, 0.25) is 15.9 Å². The van der Waals surface area contributed by atoms with Crippen molar-refractivity contribution in [2.24, 2.45) is 11.8 Å². The van der Waals surface area contributed by atoms with E-state index in [9.17, 15) is 22.8 Å². The third-order valence-corrected chi connectivity index (χ3v) is 11.8. The topological polar surface area (TPSA) is 160 Å². The minimum absolute atomic E-state index is 0.0398. The molecule has 3 aromatic rings. The quantitative estimate of drug-likeness (QED) is 0.251. The molecular weight excluding hydrogens is 673 g/mol. The SMILES string of the molecule is C=C[C@@H]1C[C@@]1(C(=O)NS(=O)(=O)C1CC1)N(C(=O)[C@H](Nc1cc(C)cc(C)n1)C(C)C)C(=O)N1C[C@H](Oc2nccc3cc(OC)ccc23)CC1C. The zero-order chi connectivity index (χ0) is 36.8. The van der Waals surface area contributed by atoms with E-state index in [1.54, 1.807) is 19.4 Å². The zero-order valence-corrected chi connectivity index (χ0v) is 30.7. The fourth-order valence-electron chi connectivity index (χ4n) is 7.01. The number of ether oxygens (including phenoxy) is 2. The van der Waals surface area contributed by atoms with Crippen LogP contribution in [0.4, 0.5) is 10.6 Å². The summed E-state index contributed by atoms with van der Waals surface area (Å²) in [4.78, 5) is 55.4. The summed E-state index contributed by atoms with van der Waals surface area (Å²) < 4.78 is 40.0. The first-order chi connectivity index (χ1) is 24.2. The van der Waals surface area contributed by atoms with Crippen LogP contribution in [0, 0.1) is 25.7 Å². The number of imide groups is 1. The second-order valence-corrected chi connectivity index (χ2v) is 16.3. The molecule has 1 aliphatic heterocycles. The Morgan fingerprint density at radius 3 is 2.51 bits per heavy atom. The molecule has 3 fully saturated rings. The summed E-state index contributed by atoms with van der Waals surface area (Å²) in [5, 5.41) is 4.19. The van der Waals surface area contributed by atoms with E-state index in [2.05, 4.69) is 26.6 Å². The van der Waals surface area contributed by atoms with Crippen molar-refractivity contribution in [3.8, 4) is 11.6 Å². The van der Waals surface area contributed by atoms with Crippen molar-refractivity contribution in [2.45, 2.75) is 89.3 Å². The molecule has 1 unspecified atom stereocenters. The number of carbonyl (C=O) groups excluding carboxylic acids is 3. The normalized spacial score (nSPS) is 23.4. The Balaban J connectivity index is 1.34. The van der Waals surface area contributed by atoms with Crippen molar-refractivity contribution in [1.29, 1.82) is 0 Å². The summed E-state index contributed by atoms with van der Waals surface area (Å²) in [5.41, 5.74) is -0.121. The van der Waals surface area contributed by atoms with Gasteiger partial charge in [0.1, 0.15) is 29.3 Å². The van der Waals surface area contributed by atoms with Gasteiger partial charge in [-0.3, -0.25) is 14.3 Å². The van der Waals surface area contributed by atoms with Gasteiger partial charge >= 0.3 is 6.03 Å². The van der Waals surface area contributed by atoms with Crippen LogP contribution in [-0.4, -0.2) is 88.7 Å². The van der Waals surface area contributed by atoms with Crippen molar-refractivity contribution in [3.63, 3.8) is 0 Å². The lowest BCUT2D eigenvalue weighted by molar-refractivity contribution is -0.140. The molecule has 4 amide bonds. The highest BCUT2D eigenvalue weighted by Crippen LogP contribution is 2.51. The highest BCUT2D eigenvalue weighted by atomic mass is 32.2. The first kappa shape index (κ1) is 36.1. The van der Waals surface area contributed by atoms with E-state index >= 15 is 0 Å². The smallest absolute Gasteiger partial charge is 0.328 e. The van der Waals surface area contributed by atoms with E-state index in [0.29, 0.717) is 36.7 Å². The summed E-state index contributed by atoms with van der Waals surface area (Å²) in [6, 6.07) is 9.04. The molecule has 1 aromatic carbocycles. The molecule has 1 saturated heterocycles. The van der Waals surface area contributed by atoms with Crippen LogP contribution in [0.3, 0.4) is 0 Å². The van der Waals surface area contributed by atoms with Gasteiger partial charge in [0.15, 0.2) is 0 Å². The minimum atomic E-state index is -3.99. The fraction of sp³-hybridized carbons (Fsp3) is 0.486. The van der Waals surface area contributed by atoms with Gasteiger partial charge < -0.3 is 19.7 Å². The monoisotopic (exact) mass is 718 g/mol. The molecule has 0 radical (unpaired) electrons. The van der Waals surface area contributed by atoms with Crippen LogP contribution in [0.1, 0.15) is 57.7 Å². The number of rotatable bonds is 12. The van der Waals surface area contributed by atoms with Crippen molar-refractivity contribution in [2.75, 3.05) is 19.0 Å². The van der Waals surface area contributed by atoms with Crippen LogP contribution in [-0.2, 0) is 19.6 Å². The molecule has 2 aliphatic carbocycles. The predicted octanol–water partition coefficient (Wildman–Crippen LogP) is 4.74. The van der Waals surface area contributed by atoms with Crippen molar-refractivity contribution >= 4 is 44.5 Å². The Bertz CT molecular complexity index is 1960. The number of nitrogens with one attached hydrogen (secondary N) is 2. The molecule has 272 valence electrons. The molecule has 2 saturated carbocycles. The van der Waals surface area contributed by atoms with Crippen LogP contribution in [0.25, 0.3) is 10.8 Å². The summed E-state index contributed by atoms with van der Waals surface area (Å²) in [6.45, 7) is 13.2. The maximum absolute atomic E-state index is 14.9. The Labute approximate surface area is 298 Å². The Hall–Kier alpha value is -4.72. The summed E-state index contributed by atoms with van der Waals surface area (Å²) in [5.74, 6) is -1.05. The number of nitrogens with zero attached hydrogens (tertiary/aromatic N) is 4. The molecular formula is C37H46N6O7S. The van der Waals surface area contributed by atoms with Crippen LogP contribution in [0.5, 0.6) is 11.6 Å². The van der Waals surface area contributed by atoms with Crippen molar-refractivity contribution in [3.05, 3.63) is 66.5 Å². The van der Waals surface area contributed by atoms with E-state index in [-0.39, 0.29) is 18.9 Å². The largest absolute Gasteiger partial charge is 0.497 e. The summed E-state index contributed by atoms with van der Waals surface area (Å²) in [7, 11) is -2.40. The Kier molecular flexibility index (Phi) is 9.75. The number of carbonyl (C=O) groups is 3. The number of likely N-dealkylation sites (tertiary alicyclic amines) is 1. The molecule has 6 rings (SSSR count). The number of methoxy groups -OCH3 is 1. The third-order valence-electron chi connectivity index (χ3n) is 10.0. The number of pyridine rings is 2. The second kappa shape index (κ2) is 13.8. The van der Waals surface area contributed by atoms with Crippen molar-refractivity contribution in [1.82, 2.24) is 24.5 Å². The number of urea groups is 1. The number of amides is 4. The van der Waals surface area contributed by atoms with Crippen LogP contribution in [0.15, 0.2) is 55.3 Å². The lowest BCUT2D eigenvalue weighted by atomic mass is 10.00. The maximum atomic E-state index is 14.9. The van der Waals surface area contributed by atoms with Gasteiger partial charge in [-0.05, 0) is 93.3 Å². The van der Waals surface area contributed by atoms with Crippen LogP contribution >= 0.6 is 0 Å². The van der Waals surface area contributed by atoms with Gasteiger partial charge in [0.05, 0.1) is 18.9 Å². The number of anilines is 1. The molecule has 2 aromatic heterocycles. The highest BCUT2D eigenvalue weighted by Gasteiger charge is 2.68. The van der Waals surface area contributed by atoms with Crippen LogP contribution in [0.2, 0.25) is 0 Å². The molecule has 5 atom stereocenters. The standard InChI is InChI=1S/C37H46N6O7S/c1-8-26-19-37(26,35(45)41-51(47,48)29-10-11-29)43(34(44)32(21(2)3)40-31-16-22(4)15-23(5)39-31)36(46)42-20-28(17-24(42)6)50-33-30-12-9-27(49-7)18-25(30)13-14-38-33/h8-9,12-16,18,21,24,26,28-29,32H,1,10-11,17,19-20H2,2-7H3,(H,39,40)(H,41,45)/t24?,26-,28-,32-,37-/m1/s1. The number of aromatic nitrogens is 2. The van der Waals surface area contributed by atoms with Gasteiger partial charge in [-0.25, -0.2) is 28.1 Å². The average Bonchev–Trinajstić information content (AvgIpc) is 4.00. The lowest BCUT2D eigenvalue weighted by Gasteiger charge is -2.37. The number of fused-ring (bicyclic) bond motifs is 1. The molecule has 3 heterocycles. The lowest BCUT2D eigenvalue weighted by Crippen LogP contribution is -2.63. The Morgan fingerprint density at radius 2 is 1.88 bits per heavy atom. The molecule has 51 heavy (non-hydrogen) atoms. The van der Waals surface area contributed by atoms with Crippen molar-refractivity contribution < 1.29 is 32.3 Å². The average molecular weight is 719 g/mol. The summed E-state index contributed by atoms with van der Waals surface area (Å²) >= 11 is 0. The first-order valence-electron chi connectivity index (χ1n) is 17.3. The van der Waals surface area contributed by atoms with E-state index < -0.39 is 62.8 Å². The number of hydrogen-bond donors (Lipinski definition) is 2. The Morgan fingerprint density at radius 1 is 1.14 bits per heavy atom. The minimum Gasteiger partial charge on any atom is -0.497 e. The fourth-order valence-corrected chi connectivity index (χ4v) is 8.37. The van der Waals surface area contributed by atoms with Gasteiger partial charge in [-0.2, -0.15) is 0 Å². The molecule has 0 spiro atoms. The number of aryl methyl sites for hydroxylation is 2. The van der Waals surface area contributed by atoms with Gasteiger partial charge in [0.25, 0.3) is 11.8 Å². The molecule has 3 aliphatic rings. The van der Waals surface area contributed by atoms with Crippen LogP contribution < -0.4 is 19.5 Å². The van der Waals surface area contributed by atoms with E-state index in [4.69, 9.17) is 9.47 Å². The van der Waals surface area contributed by atoms with Gasteiger partial charge in [-0.15, -0.1) is 6.58 Å². The van der Waals surface area contributed by atoms with E-state index in [1.165, 1.54) is 11.0 Å². The van der Waals surface area contributed by atoms with E-state index in [0.717, 1.165) is 26.9 Å². The predicted molar refractivity (Wildman–Crippen MR) is 193 cm³/mol. The number of benzene rings is 1. The molecule has 13 nitrogen and oxygen atoms in total. The third kappa shape index (κ3) is 7.10. The number of hydrogen-bond acceptors (Lipinski definition) is 10. The molecule has 0 bridgehead atoms. The number of sulfonamides is 1. The summed E-state index contributed by atoms with van der Waals surface area (Å²) in [6.07, 6.45) is 4.02. The second-order valence-electron chi connectivity index (χ2n) is 14.3. The first-order valence-corrected chi connectivity index (χ1v) is 18.9. The van der Waals surface area contributed by atoms with E-state index in [1.807, 2.05) is 65.0 Å². The molecule has 2 N–H and O–H groups in total. The highest BCUT2D eigenvalue weighted by molar-refractivity contribution is 7.91. The van der Waals surface area contributed by atoms with Gasteiger partial charge in [0, 0.05) is 35.7 Å². The van der Waals surface area contributed by atoms with Gasteiger partial charge in [-0.1, -0.05) is 19.9 Å². The maximum Gasteiger partial charge on any atom is 0.328 e. The zero-order valence-electron chi connectivity index (χ0n) is 29.9.